The Bertz CT molecular complexity index is 367. The number of thiophene rings is 1. The third-order valence-electron chi connectivity index (χ3n) is 4.33. The van der Waals surface area contributed by atoms with Crippen molar-refractivity contribution in [3.63, 3.8) is 0 Å². The van der Waals surface area contributed by atoms with Gasteiger partial charge in [-0.15, -0.1) is 11.3 Å². The van der Waals surface area contributed by atoms with Crippen LogP contribution >= 0.6 is 11.3 Å². The molecule has 2 fully saturated rings. The molecule has 2 atom stereocenters. The Balaban J connectivity index is 1.65. The van der Waals surface area contributed by atoms with E-state index in [2.05, 4.69) is 23.7 Å². The van der Waals surface area contributed by atoms with Crippen LogP contribution in [0.3, 0.4) is 0 Å². The first-order chi connectivity index (χ1) is 8.33. The van der Waals surface area contributed by atoms with Gasteiger partial charge in [0, 0.05) is 10.9 Å². The molecule has 1 N–H and O–H groups in total. The highest BCUT2D eigenvalue weighted by molar-refractivity contribution is 7.10. The smallest absolute Gasteiger partial charge is 0.00683 e. The van der Waals surface area contributed by atoms with Gasteiger partial charge in [-0.1, -0.05) is 12.8 Å². The van der Waals surface area contributed by atoms with Crippen molar-refractivity contribution in [1.29, 1.82) is 0 Å². The Hall–Kier alpha value is -0.340. The standard InChI is InChI=1S/C15H23NS/c1-11-8-13(10-17-11)15-5-3-2-4-12(15)9-16-14-6-7-14/h8,10,12,14-16H,2-7,9H2,1H3. The summed E-state index contributed by atoms with van der Waals surface area (Å²) in [4.78, 5) is 1.47. The van der Waals surface area contributed by atoms with E-state index in [-0.39, 0.29) is 0 Å². The number of hydrogen-bond donors (Lipinski definition) is 1. The van der Waals surface area contributed by atoms with Gasteiger partial charge in [-0.2, -0.15) is 0 Å². The van der Waals surface area contributed by atoms with Gasteiger partial charge < -0.3 is 5.32 Å². The molecule has 0 bridgehead atoms. The third kappa shape index (κ3) is 2.92. The SMILES string of the molecule is Cc1cc(C2CCCCC2CNC2CC2)cs1. The van der Waals surface area contributed by atoms with Crippen LogP contribution in [-0.2, 0) is 0 Å². The van der Waals surface area contributed by atoms with Gasteiger partial charge in [0.15, 0.2) is 0 Å². The first-order valence-corrected chi connectivity index (χ1v) is 7.99. The molecule has 1 aromatic heterocycles. The molecule has 2 heteroatoms. The van der Waals surface area contributed by atoms with Crippen molar-refractivity contribution in [3.8, 4) is 0 Å². The monoisotopic (exact) mass is 249 g/mol. The lowest BCUT2D eigenvalue weighted by Crippen LogP contribution is -2.30. The van der Waals surface area contributed by atoms with Crippen LogP contribution in [0.15, 0.2) is 11.4 Å². The normalized spacial score (nSPS) is 29.5. The molecule has 0 amide bonds. The van der Waals surface area contributed by atoms with Crippen molar-refractivity contribution in [2.45, 2.75) is 57.4 Å². The number of rotatable bonds is 4. The molecule has 2 saturated carbocycles. The summed E-state index contributed by atoms with van der Waals surface area (Å²) in [5.74, 6) is 1.72. The zero-order valence-electron chi connectivity index (χ0n) is 10.7. The Morgan fingerprint density at radius 3 is 2.76 bits per heavy atom. The molecule has 2 aliphatic carbocycles. The van der Waals surface area contributed by atoms with Crippen molar-refractivity contribution in [3.05, 3.63) is 21.9 Å². The minimum absolute atomic E-state index is 0.833. The predicted octanol–water partition coefficient (Wildman–Crippen LogP) is 4.08. The van der Waals surface area contributed by atoms with Gasteiger partial charge in [0.1, 0.15) is 0 Å². The lowest BCUT2D eigenvalue weighted by Gasteiger charge is -2.31. The van der Waals surface area contributed by atoms with Gasteiger partial charge in [0.05, 0.1) is 0 Å². The quantitative estimate of drug-likeness (QED) is 0.847. The average molecular weight is 249 g/mol. The Kier molecular flexibility index (Phi) is 3.53. The summed E-state index contributed by atoms with van der Waals surface area (Å²) in [6.07, 6.45) is 8.53. The van der Waals surface area contributed by atoms with E-state index in [1.54, 1.807) is 5.56 Å². The summed E-state index contributed by atoms with van der Waals surface area (Å²) >= 11 is 1.92. The molecular weight excluding hydrogens is 226 g/mol. The zero-order valence-corrected chi connectivity index (χ0v) is 11.6. The molecule has 1 heterocycles. The molecule has 3 rings (SSSR count). The van der Waals surface area contributed by atoms with Crippen LogP contribution in [-0.4, -0.2) is 12.6 Å². The van der Waals surface area contributed by atoms with Gasteiger partial charge in [-0.05, 0) is 68.0 Å². The van der Waals surface area contributed by atoms with E-state index in [0.717, 1.165) is 17.9 Å². The van der Waals surface area contributed by atoms with Crippen molar-refractivity contribution in [2.24, 2.45) is 5.92 Å². The second kappa shape index (κ2) is 5.11. The van der Waals surface area contributed by atoms with Crippen LogP contribution in [0.4, 0.5) is 0 Å². The van der Waals surface area contributed by atoms with E-state index < -0.39 is 0 Å². The van der Waals surface area contributed by atoms with Gasteiger partial charge in [-0.25, -0.2) is 0 Å². The molecule has 17 heavy (non-hydrogen) atoms. The fourth-order valence-corrected chi connectivity index (χ4v) is 3.92. The number of nitrogens with one attached hydrogen (secondary N) is 1. The Labute approximate surface area is 109 Å². The molecular formula is C15H23NS. The lowest BCUT2D eigenvalue weighted by atomic mass is 9.76. The maximum absolute atomic E-state index is 3.74. The van der Waals surface area contributed by atoms with E-state index in [4.69, 9.17) is 0 Å². The molecule has 0 radical (unpaired) electrons. The summed E-state index contributed by atoms with van der Waals surface area (Å²) < 4.78 is 0. The van der Waals surface area contributed by atoms with Gasteiger partial charge in [0.2, 0.25) is 0 Å². The van der Waals surface area contributed by atoms with Crippen LogP contribution in [0.2, 0.25) is 0 Å². The van der Waals surface area contributed by atoms with Crippen molar-refractivity contribution in [2.75, 3.05) is 6.54 Å². The second-order valence-electron chi connectivity index (χ2n) is 5.82. The lowest BCUT2D eigenvalue weighted by molar-refractivity contribution is 0.295. The maximum atomic E-state index is 3.74. The minimum Gasteiger partial charge on any atom is -0.314 e. The Morgan fingerprint density at radius 1 is 1.24 bits per heavy atom. The van der Waals surface area contributed by atoms with Crippen LogP contribution in [0, 0.1) is 12.8 Å². The zero-order chi connectivity index (χ0) is 11.7. The summed E-state index contributed by atoms with van der Waals surface area (Å²) in [5, 5.41) is 6.13. The van der Waals surface area contributed by atoms with E-state index in [1.807, 2.05) is 11.3 Å². The van der Waals surface area contributed by atoms with E-state index in [1.165, 1.54) is 49.9 Å². The molecule has 0 saturated heterocycles. The van der Waals surface area contributed by atoms with Gasteiger partial charge >= 0.3 is 0 Å². The van der Waals surface area contributed by atoms with Gasteiger partial charge in [-0.3, -0.25) is 0 Å². The molecule has 94 valence electrons. The van der Waals surface area contributed by atoms with Crippen LogP contribution in [0.1, 0.15) is 54.9 Å². The molecule has 0 spiro atoms. The summed E-state index contributed by atoms with van der Waals surface area (Å²) in [6, 6.07) is 3.28. The van der Waals surface area contributed by atoms with Crippen molar-refractivity contribution in [1.82, 2.24) is 5.32 Å². The average Bonchev–Trinajstić information content (AvgIpc) is 3.08. The largest absolute Gasteiger partial charge is 0.314 e. The third-order valence-corrected chi connectivity index (χ3v) is 5.21. The predicted molar refractivity (Wildman–Crippen MR) is 74.8 cm³/mol. The number of hydrogen-bond acceptors (Lipinski definition) is 2. The maximum Gasteiger partial charge on any atom is 0.00683 e. The molecule has 2 unspecified atom stereocenters. The first-order valence-electron chi connectivity index (χ1n) is 7.11. The highest BCUT2D eigenvalue weighted by Gasteiger charge is 2.29. The highest BCUT2D eigenvalue weighted by Crippen LogP contribution is 2.39. The summed E-state index contributed by atoms with van der Waals surface area (Å²) in [6.45, 7) is 3.48. The van der Waals surface area contributed by atoms with Crippen LogP contribution in [0.25, 0.3) is 0 Å². The molecule has 1 nitrogen and oxygen atoms in total. The van der Waals surface area contributed by atoms with E-state index in [0.29, 0.717) is 0 Å². The summed E-state index contributed by atoms with van der Waals surface area (Å²) in [7, 11) is 0. The van der Waals surface area contributed by atoms with Crippen molar-refractivity contribution >= 4 is 11.3 Å². The van der Waals surface area contributed by atoms with Crippen LogP contribution < -0.4 is 5.32 Å². The Morgan fingerprint density at radius 2 is 2.06 bits per heavy atom. The van der Waals surface area contributed by atoms with Crippen molar-refractivity contribution < 1.29 is 0 Å². The van der Waals surface area contributed by atoms with E-state index in [9.17, 15) is 0 Å². The van der Waals surface area contributed by atoms with E-state index >= 15 is 0 Å². The summed E-state index contributed by atoms with van der Waals surface area (Å²) in [5.41, 5.74) is 1.62. The molecule has 0 aliphatic heterocycles. The topological polar surface area (TPSA) is 12.0 Å². The molecule has 0 aromatic carbocycles. The van der Waals surface area contributed by atoms with Crippen LogP contribution in [0.5, 0.6) is 0 Å². The fourth-order valence-electron chi connectivity index (χ4n) is 3.15. The second-order valence-corrected chi connectivity index (χ2v) is 6.94. The first kappa shape index (κ1) is 11.7. The molecule has 2 aliphatic rings. The fraction of sp³-hybridized carbons (Fsp3) is 0.733. The molecule has 1 aromatic rings. The highest BCUT2D eigenvalue weighted by atomic mass is 32.1. The minimum atomic E-state index is 0.833. The van der Waals surface area contributed by atoms with Gasteiger partial charge in [0.25, 0.3) is 0 Å². The number of aryl methyl sites for hydroxylation is 1.